The number of esters is 2. The number of hydrogen-bond donors (Lipinski definition) is 1. The van der Waals surface area contributed by atoms with Gasteiger partial charge in [-0.1, -0.05) is 200 Å². The first-order chi connectivity index (χ1) is 29.6. The summed E-state index contributed by atoms with van der Waals surface area (Å²) in [6.07, 6.45) is 71.6. The Morgan fingerprint density at radius 3 is 1.08 bits per heavy atom. The average Bonchev–Trinajstić information content (AvgIpc) is 3.25. The van der Waals surface area contributed by atoms with Crippen LogP contribution in [0.3, 0.4) is 0 Å². The van der Waals surface area contributed by atoms with Crippen molar-refractivity contribution in [2.24, 2.45) is 0 Å². The molecule has 0 heterocycles. The molecule has 1 atom stereocenters. The Hall–Kier alpha value is -3.44. The second kappa shape index (κ2) is 49.9. The molecule has 0 aliphatic carbocycles. The van der Waals surface area contributed by atoms with Crippen LogP contribution in [0.4, 0.5) is 0 Å². The zero-order valence-electron chi connectivity index (χ0n) is 38.7. The van der Waals surface area contributed by atoms with Gasteiger partial charge in [-0.25, -0.2) is 0 Å². The zero-order valence-corrected chi connectivity index (χ0v) is 38.7. The lowest BCUT2D eigenvalue weighted by Gasteiger charge is -2.15. The highest BCUT2D eigenvalue weighted by molar-refractivity contribution is 5.70. The molecular formula is C55H90O5. The highest BCUT2D eigenvalue weighted by Crippen LogP contribution is 2.13. The van der Waals surface area contributed by atoms with Crippen LogP contribution in [-0.2, 0) is 19.1 Å². The quantitative estimate of drug-likeness (QED) is 0.0376. The number of carbonyl (C=O) groups is 2. The van der Waals surface area contributed by atoms with Crippen LogP contribution in [0.1, 0.15) is 206 Å². The molecule has 340 valence electrons. The molecule has 0 aromatic heterocycles. The second-order valence-corrected chi connectivity index (χ2v) is 15.8. The standard InChI is InChI=1S/C55H90O5/c1-3-5-7-9-11-13-15-17-19-21-22-23-24-25-26-27-28-29-30-31-32-34-36-38-40-42-44-46-48-50-55(58)60-53(51-56)52-59-54(57)49-47-45-43-41-39-37-35-33-20-18-16-14-12-10-8-6-4-2/h5,7,11-14,17-20,22-23,25-26,28-29,31-32,53,56H,3-4,6,8-10,15-16,21,24,27,30,33-52H2,1-2H3/b7-5-,13-11-,14-12-,19-17-,20-18-,23-22-,26-25-,29-28-,32-31-. The molecule has 0 bridgehead atoms. The molecule has 60 heavy (non-hydrogen) atoms. The summed E-state index contributed by atoms with van der Waals surface area (Å²) in [6.45, 7) is 3.98. The van der Waals surface area contributed by atoms with Gasteiger partial charge in [0.25, 0.3) is 0 Å². The molecule has 5 nitrogen and oxygen atoms in total. The highest BCUT2D eigenvalue weighted by Gasteiger charge is 2.16. The van der Waals surface area contributed by atoms with Crippen LogP contribution in [0, 0.1) is 0 Å². The van der Waals surface area contributed by atoms with Crippen LogP contribution < -0.4 is 0 Å². The second-order valence-electron chi connectivity index (χ2n) is 15.8. The van der Waals surface area contributed by atoms with E-state index in [0.29, 0.717) is 12.8 Å². The Morgan fingerprint density at radius 2 is 0.717 bits per heavy atom. The van der Waals surface area contributed by atoms with Crippen molar-refractivity contribution in [2.75, 3.05) is 13.2 Å². The van der Waals surface area contributed by atoms with Gasteiger partial charge in [0.15, 0.2) is 6.10 Å². The van der Waals surface area contributed by atoms with E-state index in [2.05, 4.69) is 123 Å². The molecule has 0 rings (SSSR count). The molecule has 0 saturated carbocycles. The van der Waals surface area contributed by atoms with Crippen LogP contribution in [0.2, 0.25) is 0 Å². The summed E-state index contributed by atoms with van der Waals surface area (Å²) in [6, 6.07) is 0. The van der Waals surface area contributed by atoms with E-state index < -0.39 is 6.10 Å². The van der Waals surface area contributed by atoms with E-state index in [4.69, 9.17) is 9.47 Å². The van der Waals surface area contributed by atoms with E-state index >= 15 is 0 Å². The maximum Gasteiger partial charge on any atom is 0.306 e. The number of unbranched alkanes of at least 4 members (excludes halogenated alkanes) is 17. The van der Waals surface area contributed by atoms with Crippen molar-refractivity contribution in [2.45, 2.75) is 213 Å². The van der Waals surface area contributed by atoms with Gasteiger partial charge >= 0.3 is 11.9 Å². The Kier molecular flexibility index (Phi) is 47.1. The fourth-order valence-corrected chi connectivity index (χ4v) is 6.39. The normalized spacial score (nSPS) is 13.2. The van der Waals surface area contributed by atoms with Crippen LogP contribution in [0.15, 0.2) is 109 Å². The first-order valence-corrected chi connectivity index (χ1v) is 24.4. The Labute approximate surface area is 370 Å². The van der Waals surface area contributed by atoms with E-state index in [1.54, 1.807) is 0 Å². The molecule has 0 aliphatic heterocycles. The van der Waals surface area contributed by atoms with E-state index in [0.717, 1.165) is 103 Å². The number of hydrogen-bond acceptors (Lipinski definition) is 5. The molecule has 0 radical (unpaired) electrons. The molecule has 5 heteroatoms. The minimum Gasteiger partial charge on any atom is -0.462 e. The van der Waals surface area contributed by atoms with E-state index in [9.17, 15) is 14.7 Å². The molecule has 0 spiro atoms. The number of aliphatic hydroxyl groups is 1. The lowest BCUT2D eigenvalue weighted by Crippen LogP contribution is -2.28. The number of carbonyl (C=O) groups excluding carboxylic acids is 2. The number of rotatable bonds is 43. The largest absolute Gasteiger partial charge is 0.462 e. The molecule has 0 amide bonds. The smallest absolute Gasteiger partial charge is 0.306 e. The van der Waals surface area contributed by atoms with Gasteiger partial charge in [-0.3, -0.25) is 9.59 Å². The van der Waals surface area contributed by atoms with Crippen molar-refractivity contribution < 1.29 is 24.2 Å². The van der Waals surface area contributed by atoms with Crippen LogP contribution >= 0.6 is 0 Å². The minimum absolute atomic E-state index is 0.0809. The number of aliphatic hydroxyl groups excluding tert-OH is 1. The van der Waals surface area contributed by atoms with Crippen LogP contribution in [-0.4, -0.2) is 36.4 Å². The molecule has 0 saturated heterocycles. The number of ether oxygens (including phenoxy) is 2. The summed E-state index contributed by atoms with van der Waals surface area (Å²) >= 11 is 0. The van der Waals surface area contributed by atoms with Crippen LogP contribution in [0.25, 0.3) is 0 Å². The topological polar surface area (TPSA) is 72.8 Å². The van der Waals surface area contributed by atoms with E-state index in [-0.39, 0.29) is 25.2 Å². The van der Waals surface area contributed by atoms with E-state index in [1.165, 1.54) is 77.0 Å². The Morgan fingerprint density at radius 1 is 0.400 bits per heavy atom. The number of allylic oxidation sites excluding steroid dienone is 18. The minimum atomic E-state index is -0.789. The summed E-state index contributed by atoms with van der Waals surface area (Å²) in [5, 5.41) is 9.61. The maximum absolute atomic E-state index is 12.3. The first-order valence-electron chi connectivity index (χ1n) is 24.4. The van der Waals surface area contributed by atoms with Crippen molar-refractivity contribution >= 4 is 11.9 Å². The molecule has 1 unspecified atom stereocenters. The van der Waals surface area contributed by atoms with Gasteiger partial charge < -0.3 is 14.6 Å². The van der Waals surface area contributed by atoms with Gasteiger partial charge in [0.1, 0.15) is 6.61 Å². The lowest BCUT2D eigenvalue weighted by molar-refractivity contribution is -0.161. The highest BCUT2D eigenvalue weighted by atomic mass is 16.6. The summed E-state index contributed by atoms with van der Waals surface area (Å²) < 4.78 is 10.6. The molecule has 0 aromatic carbocycles. The van der Waals surface area contributed by atoms with Crippen molar-refractivity contribution in [1.29, 1.82) is 0 Å². The van der Waals surface area contributed by atoms with Gasteiger partial charge in [-0.2, -0.15) is 0 Å². The van der Waals surface area contributed by atoms with Gasteiger partial charge in [0.05, 0.1) is 6.61 Å². The van der Waals surface area contributed by atoms with Crippen molar-refractivity contribution in [3.05, 3.63) is 109 Å². The molecule has 0 aromatic rings. The fourth-order valence-electron chi connectivity index (χ4n) is 6.39. The molecule has 0 aliphatic rings. The van der Waals surface area contributed by atoms with Crippen molar-refractivity contribution in [3.63, 3.8) is 0 Å². The van der Waals surface area contributed by atoms with E-state index in [1.807, 2.05) is 0 Å². The van der Waals surface area contributed by atoms with Gasteiger partial charge in [-0.15, -0.1) is 0 Å². The SMILES string of the molecule is CC/C=C\C/C=C\C/C=C\C/C=C\C/C=C\C/C=C\C/C=C\CCCCCCCCCC(=O)OC(CO)COC(=O)CCCCCCCCC/C=C\C/C=C\CCCCC. The fraction of sp³-hybridized carbons (Fsp3) is 0.636. The predicted octanol–water partition coefficient (Wildman–Crippen LogP) is 16.2. The third-order valence-electron chi connectivity index (χ3n) is 10.1. The van der Waals surface area contributed by atoms with Gasteiger partial charge in [-0.05, 0) is 103 Å². The summed E-state index contributed by atoms with van der Waals surface area (Å²) in [5.41, 5.74) is 0. The third kappa shape index (κ3) is 47.2. The molecule has 0 fully saturated rings. The molecule has 1 N–H and O–H groups in total. The lowest BCUT2D eigenvalue weighted by atomic mass is 10.1. The third-order valence-corrected chi connectivity index (χ3v) is 10.1. The first kappa shape index (κ1) is 56.6. The summed E-state index contributed by atoms with van der Waals surface area (Å²) in [5.74, 6) is -0.619. The monoisotopic (exact) mass is 831 g/mol. The Bertz CT molecular complexity index is 1210. The summed E-state index contributed by atoms with van der Waals surface area (Å²) in [4.78, 5) is 24.4. The maximum atomic E-state index is 12.3. The van der Waals surface area contributed by atoms with Crippen molar-refractivity contribution in [3.8, 4) is 0 Å². The summed E-state index contributed by atoms with van der Waals surface area (Å²) in [7, 11) is 0. The predicted molar refractivity (Wildman–Crippen MR) is 260 cm³/mol. The van der Waals surface area contributed by atoms with Gasteiger partial charge in [0.2, 0.25) is 0 Å². The van der Waals surface area contributed by atoms with Gasteiger partial charge in [0, 0.05) is 12.8 Å². The Balaban J connectivity index is 3.62. The molecular weight excluding hydrogens is 741 g/mol. The average molecular weight is 831 g/mol. The van der Waals surface area contributed by atoms with Crippen LogP contribution in [0.5, 0.6) is 0 Å². The van der Waals surface area contributed by atoms with Crippen molar-refractivity contribution in [1.82, 2.24) is 0 Å². The zero-order chi connectivity index (χ0) is 43.5.